The zero-order chi connectivity index (χ0) is 8.32. The summed E-state index contributed by atoms with van der Waals surface area (Å²) in [7, 11) is 1.54. The standard InChI is InChI=1S/C8H10BrNO/c1-8(9)5-3-7(4-6-8)10-11-2/h3-6H,1-2H3. The maximum absolute atomic E-state index is 4.62. The fourth-order valence-corrected chi connectivity index (χ4v) is 1.04. The van der Waals surface area contributed by atoms with Crippen molar-refractivity contribution in [1.82, 2.24) is 0 Å². The fourth-order valence-electron chi connectivity index (χ4n) is 0.774. The van der Waals surface area contributed by atoms with Crippen LogP contribution in [0.1, 0.15) is 6.92 Å². The van der Waals surface area contributed by atoms with Crippen molar-refractivity contribution < 1.29 is 4.84 Å². The highest BCUT2D eigenvalue weighted by atomic mass is 79.9. The molecule has 0 radical (unpaired) electrons. The monoisotopic (exact) mass is 215 g/mol. The van der Waals surface area contributed by atoms with Crippen LogP contribution < -0.4 is 0 Å². The maximum Gasteiger partial charge on any atom is 0.106 e. The average molecular weight is 216 g/mol. The molecule has 0 spiro atoms. The van der Waals surface area contributed by atoms with Crippen LogP contribution in [0.2, 0.25) is 0 Å². The lowest BCUT2D eigenvalue weighted by atomic mass is 10.0. The van der Waals surface area contributed by atoms with E-state index in [1.807, 2.05) is 24.3 Å². The molecule has 0 saturated carbocycles. The number of hydrogen-bond donors (Lipinski definition) is 0. The summed E-state index contributed by atoms with van der Waals surface area (Å²) in [6.07, 6.45) is 7.87. The molecule has 0 saturated heterocycles. The van der Waals surface area contributed by atoms with Gasteiger partial charge in [-0.2, -0.15) is 0 Å². The van der Waals surface area contributed by atoms with Gasteiger partial charge in [0.05, 0.1) is 4.32 Å². The van der Waals surface area contributed by atoms with Crippen molar-refractivity contribution >= 4 is 21.6 Å². The van der Waals surface area contributed by atoms with Crippen molar-refractivity contribution in [2.45, 2.75) is 11.2 Å². The maximum atomic E-state index is 4.62. The van der Waals surface area contributed by atoms with E-state index in [0.717, 1.165) is 5.71 Å². The van der Waals surface area contributed by atoms with Gasteiger partial charge in [-0.1, -0.05) is 33.2 Å². The minimum absolute atomic E-state index is 0.0280. The molecule has 0 unspecified atom stereocenters. The second-order valence-corrected chi connectivity index (χ2v) is 4.23. The van der Waals surface area contributed by atoms with Crippen LogP contribution >= 0.6 is 15.9 Å². The minimum atomic E-state index is -0.0280. The summed E-state index contributed by atoms with van der Waals surface area (Å²) < 4.78 is -0.0280. The third-order valence-corrected chi connectivity index (χ3v) is 1.89. The molecule has 0 aromatic heterocycles. The van der Waals surface area contributed by atoms with E-state index in [2.05, 4.69) is 32.8 Å². The van der Waals surface area contributed by atoms with Gasteiger partial charge in [0.25, 0.3) is 0 Å². The van der Waals surface area contributed by atoms with Crippen LogP contribution in [0.5, 0.6) is 0 Å². The largest absolute Gasteiger partial charge is 0.399 e. The molecular formula is C8H10BrNO. The van der Waals surface area contributed by atoms with Crippen molar-refractivity contribution in [3.63, 3.8) is 0 Å². The van der Waals surface area contributed by atoms with Gasteiger partial charge in [0.15, 0.2) is 0 Å². The number of rotatable bonds is 1. The zero-order valence-electron chi connectivity index (χ0n) is 6.54. The van der Waals surface area contributed by atoms with Crippen molar-refractivity contribution in [2.75, 3.05) is 7.11 Å². The van der Waals surface area contributed by atoms with Crippen molar-refractivity contribution in [3.8, 4) is 0 Å². The first kappa shape index (κ1) is 8.53. The fraction of sp³-hybridized carbons (Fsp3) is 0.375. The van der Waals surface area contributed by atoms with Crippen molar-refractivity contribution in [3.05, 3.63) is 24.3 Å². The number of halogens is 1. The van der Waals surface area contributed by atoms with E-state index in [1.165, 1.54) is 7.11 Å². The Kier molecular flexibility index (Phi) is 2.49. The number of oxime groups is 1. The molecule has 0 heterocycles. The zero-order valence-corrected chi connectivity index (χ0v) is 8.13. The molecule has 2 nitrogen and oxygen atoms in total. The van der Waals surface area contributed by atoms with Crippen LogP contribution in [-0.4, -0.2) is 17.1 Å². The van der Waals surface area contributed by atoms with Crippen molar-refractivity contribution in [1.29, 1.82) is 0 Å². The Morgan fingerprint density at radius 2 is 2.00 bits per heavy atom. The predicted octanol–water partition coefficient (Wildman–Crippen LogP) is 2.27. The smallest absolute Gasteiger partial charge is 0.106 e. The summed E-state index contributed by atoms with van der Waals surface area (Å²) in [6.45, 7) is 2.06. The molecule has 0 amide bonds. The van der Waals surface area contributed by atoms with Gasteiger partial charge in [-0.25, -0.2) is 0 Å². The third-order valence-electron chi connectivity index (χ3n) is 1.36. The summed E-state index contributed by atoms with van der Waals surface area (Å²) in [5, 5.41) is 3.77. The van der Waals surface area contributed by atoms with Gasteiger partial charge in [0.1, 0.15) is 12.8 Å². The molecule has 0 aromatic carbocycles. The van der Waals surface area contributed by atoms with E-state index in [-0.39, 0.29) is 4.32 Å². The van der Waals surface area contributed by atoms with Crippen LogP contribution in [0.15, 0.2) is 29.5 Å². The van der Waals surface area contributed by atoms with E-state index in [9.17, 15) is 0 Å². The molecule has 0 aliphatic heterocycles. The van der Waals surface area contributed by atoms with Gasteiger partial charge in [-0.3, -0.25) is 0 Å². The van der Waals surface area contributed by atoms with Gasteiger partial charge in [0, 0.05) is 0 Å². The number of hydrogen-bond acceptors (Lipinski definition) is 2. The highest BCUT2D eigenvalue weighted by Crippen LogP contribution is 2.23. The van der Waals surface area contributed by atoms with Gasteiger partial charge < -0.3 is 4.84 Å². The Morgan fingerprint density at radius 1 is 1.45 bits per heavy atom. The highest BCUT2D eigenvalue weighted by molar-refractivity contribution is 9.10. The van der Waals surface area contributed by atoms with Crippen LogP contribution in [0.4, 0.5) is 0 Å². The molecule has 0 aromatic rings. The molecule has 0 atom stereocenters. The molecule has 1 rings (SSSR count). The first-order chi connectivity index (χ1) is 5.14. The van der Waals surface area contributed by atoms with Crippen LogP contribution in [0, 0.1) is 0 Å². The third kappa shape index (κ3) is 2.50. The molecule has 1 aliphatic rings. The molecule has 11 heavy (non-hydrogen) atoms. The molecular weight excluding hydrogens is 206 g/mol. The van der Waals surface area contributed by atoms with Crippen molar-refractivity contribution in [2.24, 2.45) is 5.16 Å². The Labute approximate surface area is 74.7 Å². The number of nitrogens with zero attached hydrogens (tertiary/aromatic N) is 1. The van der Waals surface area contributed by atoms with Crippen LogP contribution in [0.25, 0.3) is 0 Å². The molecule has 0 N–H and O–H groups in total. The quantitative estimate of drug-likeness (QED) is 0.486. The van der Waals surface area contributed by atoms with E-state index >= 15 is 0 Å². The number of allylic oxidation sites excluding steroid dienone is 4. The lowest BCUT2D eigenvalue weighted by Gasteiger charge is -2.15. The van der Waals surface area contributed by atoms with Gasteiger partial charge in [-0.15, -0.1) is 0 Å². The molecule has 3 heteroatoms. The van der Waals surface area contributed by atoms with Crippen LogP contribution in [-0.2, 0) is 4.84 Å². The van der Waals surface area contributed by atoms with Gasteiger partial charge in [0.2, 0.25) is 0 Å². The van der Waals surface area contributed by atoms with Crippen LogP contribution in [0.3, 0.4) is 0 Å². The molecule has 60 valence electrons. The minimum Gasteiger partial charge on any atom is -0.399 e. The summed E-state index contributed by atoms with van der Waals surface area (Å²) in [5.41, 5.74) is 0.837. The van der Waals surface area contributed by atoms with E-state index in [4.69, 9.17) is 0 Å². The Morgan fingerprint density at radius 3 is 2.45 bits per heavy atom. The summed E-state index contributed by atoms with van der Waals surface area (Å²) in [5.74, 6) is 0. The second kappa shape index (κ2) is 3.22. The van der Waals surface area contributed by atoms with E-state index < -0.39 is 0 Å². The Hall–Kier alpha value is -0.570. The SMILES string of the molecule is CON=C1C=CC(C)(Br)C=C1. The van der Waals surface area contributed by atoms with Gasteiger partial charge >= 0.3 is 0 Å². The Bertz CT molecular complexity index is 210. The lowest BCUT2D eigenvalue weighted by molar-refractivity contribution is 0.214. The topological polar surface area (TPSA) is 21.6 Å². The normalized spacial score (nSPS) is 28.8. The summed E-state index contributed by atoms with van der Waals surface area (Å²) in [6, 6.07) is 0. The molecule has 1 aliphatic carbocycles. The second-order valence-electron chi connectivity index (χ2n) is 2.52. The lowest BCUT2D eigenvalue weighted by Crippen LogP contribution is -2.12. The van der Waals surface area contributed by atoms with E-state index in [1.54, 1.807) is 0 Å². The average Bonchev–Trinajstić information content (AvgIpc) is 1.94. The first-order valence-corrected chi connectivity index (χ1v) is 4.12. The van der Waals surface area contributed by atoms with Gasteiger partial charge in [-0.05, 0) is 19.1 Å². The molecule has 0 bridgehead atoms. The Balaban J connectivity index is 2.72. The number of alkyl halides is 1. The summed E-state index contributed by atoms with van der Waals surface area (Å²) >= 11 is 3.50. The first-order valence-electron chi connectivity index (χ1n) is 3.32. The summed E-state index contributed by atoms with van der Waals surface area (Å²) in [4.78, 5) is 4.62. The van der Waals surface area contributed by atoms with E-state index in [0.29, 0.717) is 0 Å². The predicted molar refractivity (Wildman–Crippen MR) is 50.1 cm³/mol. The molecule has 0 fully saturated rings. The highest BCUT2D eigenvalue weighted by Gasteiger charge is 2.14.